The molecule has 3 nitrogen and oxygen atoms in total. The fourth-order valence-electron chi connectivity index (χ4n) is 1.72. The maximum absolute atomic E-state index is 13.4. The topological polar surface area (TPSA) is 55.1 Å². The van der Waals surface area contributed by atoms with Gasteiger partial charge in [-0.05, 0) is 20.3 Å². The van der Waals surface area contributed by atoms with E-state index in [9.17, 15) is 26.7 Å². The lowest BCUT2D eigenvalue weighted by Gasteiger charge is -2.16. The highest BCUT2D eigenvalue weighted by molar-refractivity contribution is 5.95. The normalized spacial score (nSPS) is 14.0. The molecule has 0 heterocycles. The Bertz CT molecular complexity index is 504. The van der Waals surface area contributed by atoms with Crippen LogP contribution in [0.4, 0.5) is 22.0 Å². The Balaban J connectivity index is 3.11. The summed E-state index contributed by atoms with van der Waals surface area (Å²) in [5.74, 6) is -12.3. The van der Waals surface area contributed by atoms with E-state index in [0.29, 0.717) is 0 Å². The van der Waals surface area contributed by atoms with Gasteiger partial charge in [-0.25, -0.2) is 22.0 Å². The molecule has 1 rings (SSSR count). The third kappa shape index (κ3) is 3.24. The van der Waals surface area contributed by atoms with Crippen LogP contribution in [0.5, 0.6) is 0 Å². The van der Waals surface area contributed by atoms with Gasteiger partial charge in [0.1, 0.15) is 5.56 Å². The Kier molecular flexibility index (Phi) is 5.04. The molecule has 3 N–H and O–H groups in total. The average molecular weight is 296 g/mol. The minimum Gasteiger partial charge on any atom is -0.349 e. The third-order valence-corrected chi connectivity index (χ3v) is 2.54. The van der Waals surface area contributed by atoms with E-state index in [1.807, 2.05) is 0 Å². The fraction of sp³-hybridized carbons (Fsp3) is 0.417. The Morgan fingerprint density at radius 1 is 1.00 bits per heavy atom. The highest BCUT2D eigenvalue weighted by atomic mass is 19.2. The lowest BCUT2D eigenvalue weighted by molar-refractivity contribution is 0.0925. The van der Waals surface area contributed by atoms with Crippen LogP contribution >= 0.6 is 0 Å². The van der Waals surface area contributed by atoms with Crippen molar-refractivity contribution in [3.63, 3.8) is 0 Å². The minimum atomic E-state index is -2.31. The molecule has 0 aromatic heterocycles. The molecule has 8 heteroatoms. The summed E-state index contributed by atoms with van der Waals surface area (Å²) in [6, 6.07) is -0.890. The number of benzene rings is 1. The number of amides is 1. The van der Waals surface area contributed by atoms with Crippen molar-refractivity contribution in [2.45, 2.75) is 32.4 Å². The third-order valence-electron chi connectivity index (χ3n) is 2.54. The Morgan fingerprint density at radius 3 is 1.80 bits per heavy atom. The van der Waals surface area contributed by atoms with Crippen LogP contribution in [0.3, 0.4) is 0 Å². The van der Waals surface area contributed by atoms with Crippen LogP contribution in [-0.4, -0.2) is 18.0 Å². The van der Waals surface area contributed by atoms with E-state index < -0.39 is 46.6 Å². The standard InChI is InChI=1S/C12H13F5N2O/c1-4(18)3-5(2)19-12(20)6-7(13)9(15)11(17)10(16)8(6)14/h4-5H,3,18H2,1-2H3,(H,19,20). The van der Waals surface area contributed by atoms with Crippen molar-refractivity contribution in [2.75, 3.05) is 0 Å². The van der Waals surface area contributed by atoms with Gasteiger partial charge >= 0.3 is 0 Å². The lowest BCUT2D eigenvalue weighted by atomic mass is 10.1. The molecule has 112 valence electrons. The second-order valence-electron chi connectivity index (χ2n) is 4.53. The first-order chi connectivity index (χ1) is 9.16. The molecular weight excluding hydrogens is 283 g/mol. The number of rotatable bonds is 4. The average Bonchev–Trinajstić information content (AvgIpc) is 2.33. The smallest absolute Gasteiger partial charge is 0.257 e. The van der Waals surface area contributed by atoms with Gasteiger partial charge in [0.2, 0.25) is 5.82 Å². The molecule has 0 aliphatic carbocycles. The van der Waals surface area contributed by atoms with E-state index in [4.69, 9.17) is 5.73 Å². The molecule has 0 aliphatic heterocycles. The van der Waals surface area contributed by atoms with Gasteiger partial charge in [0.15, 0.2) is 23.3 Å². The van der Waals surface area contributed by atoms with E-state index in [2.05, 4.69) is 5.32 Å². The van der Waals surface area contributed by atoms with Crippen molar-refractivity contribution < 1.29 is 26.7 Å². The van der Waals surface area contributed by atoms with E-state index in [-0.39, 0.29) is 12.5 Å². The Labute approximate surface area is 112 Å². The maximum Gasteiger partial charge on any atom is 0.257 e. The predicted octanol–water partition coefficient (Wildman–Crippen LogP) is 2.24. The molecule has 0 fully saturated rings. The van der Waals surface area contributed by atoms with Crippen LogP contribution < -0.4 is 11.1 Å². The molecule has 0 aliphatic rings. The van der Waals surface area contributed by atoms with Crippen LogP contribution in [0.25, 0.3) is 0 Å². The van der Waals surface area contributed by atoms with Gasteiger partial charge in [-0.15, -0.1) is 0 Å². The largest absolute Gasteiger partial charge is 0.349 e. The van der Waals surface area contributed by atoms with Gasteiger partial charge in [-0.3, -0.25) is 4.79 Å². The number of hydrogen-bond donors (Lipinski definition) is 2. The zero-order valence-corrected chi connectivity index (χ0v) is 10.7. The molecule has 2 unspecified atom stereocenters. The summed E-state index contributed by atoms with van der Waals surface area (Å²) in [5, 5.41) is 2.13. The zero-order chi connectivity index (χ0) is 15.6. The van der Waals surface area contributed by atoms with Crippen molar-refractivity contribution in [3.8, 4) is 0 Å². The molecule has 0 bridgehead atoms. The molecule has 20 heavy (non-hydrogen) atoms. The maximum atomic E-state index is 13.4. The fourth-order valence-corrected chi connectivity index (χ4v) is 1.72. The SMILES string of the molecule is CC(N)CC(C)NC(=O)c1c(F)c(F)c(F)c(F)c1F. The van der Waals surface area contributed by atoms with Gasteiger partial charge < -0.3 is 11.1 Å². The molecule has 1 aromatic carbocycles. The molecule has 2 atom stereocenters. The summed E-state index contributed by atoms with van der Waals surface area (Å²) in [7, 11) is 0. The van der Waals surface area contributed by atoms with Crippen LogP contribution in [0.1, 0.15) is 30.6 Å². The second kappa shape index (κ2) is 6.17. The number of halogens is 5. The summed E-state index contributed by atoms with van der Waals surface area (Å²) in [6.07, 6.45) is 0.279. The monoisotopic (exact) mass is 296 g/mol. The summed E-state index contributed by atoms with van der Waals surface area (Å²) in [4.78, 5) is 11.6. The minimum absolute atomic E-state index is 0.279. The number of nitrogens with two attached hydrogens (primary N) is 1. The van der Waals surface area contributed by atoms with E-state index in [0.717, 1.165) is 0 Å². The predicted molar refractivity (Wildman–Crippen MR) is 61.4 cm³/mol. The highest BCUT2D eigenvalue weighted by Gasteiger charge is 2.30. The van der Waals surface area contributed by atoms with Gasteiger partial charge in [0.25, 0.3) is 5.91 Å². The molecule has 0 radical (unpaired) electrons. The van der Waals surface area contributed by atoms with Crippen molar-refractivity contribution in [1.29, 1.82) is 0 Å². The van der Waals surface area contributed by atoms with E-state index in [1.165, 1.54) is 6.92 Å². The van der Waals surface area contributed by atoms with Gasteiger partial charge in [0.05, 0.1) is 0 Å². The van der Waals surface area contributed by atoms with Gasteiger partial charge in [-0.2, -0.15) is 0 Å². The Hall–Kier alpha value is -1.70. The van der Waals surface area contributed by atoms with Crippen molar-refractivity contribution in [3.05, 3.63) is 34.6 Å². The summed E-state index contributed by atoms with van der Waals surface area (Å²) in [6.45, 7) is 3.13. The first-order valence-electron chi connectivity index (χ1n) is 5.74. The van der Waals surface area contributed by atoms with Crippen LogP contribution in [0.2, 0.25) is 0 Å². The quantitative estimate of drug-likeness (QED) is 0.508. The molecule has 0 saturated carbocycles. The molecule has 1 aromatic rings. The first-order valence-corrected chi connectivity index (χ1v) is 5.74. The van der Waals surface area contributed by atoms with Crippen LogP contribution in [-0.2, 0) is 0 Å². The van der Waals surface area contributed by atoms with Crippen LogP contribution in [0.15, 0.2) is 0 Å². The summed E-state index contributed by atoms with van der Waals surface area (Å²) >= 11 is 0. The van der Waals surface area contributed by atoms with Crippen LogP contribution in [0, 0.1) is 29.1 Å². The summed E-state index contributed by atoms with van der Waals surface area (Å²) < 4.78 is 65.4. The van der Waals surface area contributed by atoms with Gasteiger partial charge in [-0.1, -0.05) is 0 Å². The number of carbonyl (C=O) groups is 1. The van der Waals surface area contributed by atoms with Crippen molar-refractivity contribution >= 4 is 5.91 Å². The molecular formula is C12H13F5N2O. The number of carbonyl (C=O) groups excluding carboxylic acids is 1. The number of hydrogen-bond acceptors (Lipinski definition) is 2. The Morgan fingerprint density at radius 2 is 1.40 bits per heavy atom. The van der Waals surface area contributed by atoms with E-state index in [1.54, 1.807) is 6.92 Å². The lowest BCUT2D eigenvalue weighted by Crippen LogP contribution is -2.37. The second-order valence-corrected chi connectivity index (χ2v) is 4.53. The number of nitrogens with one attached hydrogen (secondary N) is 1. The van der Waals surface area contributed by atoms with Crippen molar-refractivity contribution in [1.82, 2.24) is 5.32 Å². The zero-order valence-electron chi connectivity index (χ0n) is 10.7. The molecule has 1 amide bonds. The molecule has 0 saturated heterocycles. The summed E-state index contributed by atoms with van der Waals surface area (Å²) in [5.41, 5.74) is 3.96. The highest BCUT2D eigenvalue weighted by Crippen LogP contribution is 2.23. The van der Waals surface area contributed by atoms with Gasteiger partial charge in [0, 0.05) is 12.1 Å². The van der Waals surface area contributed by atoms with E-state index >= 15 is 0 Å². The van der Waals surface area contributed by atoms with Crippen molar-refractivity contribution in [2.24, 2.45) is 5.73 Å². The molecule has 0 spiro atoms. The first kappa shape index (κ1) is 16.4.